The number of carbonyl (C=O) groups is 7. The number of anilines is 1. The Morgan fingerprint density at radius 3 is 2.15 bits per heavy atom. The second-order valence-corrected chi connectivity index (χ2v) is 15.4. The van der Waals surface area contributed by atoms with Crippen LogP contribution in [0.4, 0.5) is 32.4 Å². The van der Waals surface area contributed by atoms with E-state index in [4.69, 9.17) is 4.74 Å². The second kappa shape index (κ2) is 18.7. The number of rotatable bonds is 7. The van der Waals surface area contributed by atoms with Crippen LogP contribution in [0.2, 0.25) is 0 Å². The van der Waals surface area contributed by atoms with Crippen molar-refractivity contribution in [3.63, 3.8) is 0 Å². The van der Waals surface area contributed by atoms with Crippen molar-refractivity contribution < 1.29 is 70.1 Å². The van der Waals surface area contributed by atoms with Crippen molar-refractivity contribution in [2.24, 2.45) is 5.92 Å². The number of urea groups is 1. The van der Waals surface area contributed by atoms with E-state index < -0.39 is 127 Å². The van der Waals surface area contributed by atoms with E-state index in [0.29, 0.717) is 6.07 Å². The summed E-state index contributed by atoms with van der Waals surface area (Å²) >= 11 is 0. The number of amides is 7. The van der Waals surface area contributed by atoms with Crippen molar-refractivity contribution in [2.45, 2.75) is 102 Å². The molecule has 0 radical (unpaired) electrons. The third-order valence-corrected chi connectivity index (χ3v) is 10.6. The van der Waals surface area contributed by atoms with Gasteiger partial charge >= 0.3 is 18.4 Å². The quantitative estimate of drug-likeness (QED) is 0.200. The van der Waals surface area contributed by atoms with Crippen molar-refractivity contribution in [3.8, 4) is 5.75 Å². The number of aliphatic hydroxyl groups is 1. The van der Waals surface area contributed by atoms with Gasteiger partial charge in [0.1, 0.15) is 59.7 Å². The molecule has 332 valence electrons. The predicted molar refractivity (Wildman–Crippen MR) is 202 cm³/mol. The zero-order valence-electron chi connectivity index (χ0n) is 33.6. The summed E-state index contributed by atoms with van der Waals surface area (Å²) in [6.07, 6.45) is -8.57. The lowest BCUT2D eigenvalue weighted by atomic mass is 10.0. The minimum atomic E-state index is -4.99. The van der Waals surface area contributed by atoms with E-state index in [9.17, 15) is 60.6 Å². The maximum Gasteiger partial charge on any atom is 0.573 e. The lowest BCUT2D eigenvalue weighted by molar-refractivity contribution is -0.274. The highest BCUT2D eigenvalue weighted by molar-refractivity contribution is 5.98. The highest BCUT2D eigenvalue weighted by Crippen LogP contribution is 2.28. The van der Waals surface area contributed by atoms with E-state index in [2.05, 4.69) is 26.0 Å². The van der Waals surface area contributed by atoms with Gasteiger partial charge in [-0.2, -0.15) is 0 Å². The molecule has 0 aromatic heterocycles. The van der Waals surface area contributed by atoms with Crippen molar-refractivity contribution in [1.29, 1.82) is 0 Å². The van der Waals surface area contributed by atoms with Gasteiger partial charge in [-0.25, -0.2) is 18.4 Å². The number of aliphatic hydroxyl groups excluding tert-OH is 1. The number of cyclic esters (lactones) is 1. The molecule has 2 aromatic carbocycles. The highest BCUT2D eigenvalue weighted by atomic mass is 19.4. The molecule has 3 aliphatic rings. The van der Waals surface area contributed by atoms with Gasteiger partial charge in [0.15, 0.2) is 0 Å². The molecule has 5 N–H and O–H groups in total. The maximum atomic E-state index is 14.6. The molecule has 0 spiro atoms. The number of hydrogen-bond acceptors (Lipinski definition) is 10. The van der Waals surface area contributed by atoms with Gasteiger partial charge in [0, 0.05) is 44.7 Å². The Morgan fingerprint density at radius 1 is 0.902 bits per heavy atom. The fourth-order valence-corrected chi connectivity index (χ4v) is 7.43. The number of carbonyl (C=O) groups excluding carboxylic acids is 7. The number of hydrogen-bond donors (Lipinski definition) is 5. The van der Waals surface area contributed by atoms with Crippen LogP contribution in [-0.2, 0) is 39.9 Å². The molecule has 3 heterocycles. The summed E-state index contributed by atoms with van der Waals surface area (Å²) in [4.78, 5) is 99.9. The molecule has 0 saturated carbocycles. The van der Waals surface area contributed by atoms with Crippen molar-refractivity contribution in [3.05, 3.63) is 59.7 Å². The Morgan fingerprint density at radius 2 is 1.52 bits per heavy atom. The molecule has 0 bridgehead atoms. The van der Waals surface area contributed by atoms with Gasteiger partial charge < -0.3 is 50.5 Å². The van der Waals surface area contributed by atoms with Gasteiger partial charge in [-0.3, -0.25) is 24.0 Å². The van der Waals surface area contributed by atoms with Crippen LogP contribution >= 0.6 is 0 Å². The molecule has 61 heavy (non-hydrogen) atoms. The van der Waals surface area contributed by atoms with E-state index in [1.165, 1.54) is 32.7 Å². The van der Waals surface area contributed by atoms with Gasteiger partial charge in [0.05, 0.1) is 6.10 Å². The lowest BCUT2D eigenvalue weighted by Crippen LogP contribution is -2.62. The van der Waals surface area contributed by atoms with E-state index >= 15 is 0 Å². The fourth-order valence-electron chi connectivity index (χ4n) is 7.43. The summed E-state index contributed by atoms with van der Waals surface area (Å²) in [5, 5.41) is 20.3. The first-order valence-corrected chi connectivity index (χ1v) is 19.3. The van der Waals surface area contributed by atoms with Gasteiger partial charge in [0.25, 0.3) is 0 Å². The molecular weight excluding hydrogens is 821 g/mol. The highest BCUT2D eigenvalue weighted by Gasteiger charge is 2.48. The summed E-state index contributed by atoms with van der Waals surface area (Å²) in [6.45, 7) is 5.50. The molecule has 2 aromatic rings. The normalized spacial score (nSPS) is 27.1. The van der Waals surface area contributed by atoms with E-state index in [-0.39, 0.29) is 36.6 Å². The Kier molecular flexibility index (Phi) is 14.1. The largest absolute Gasteiger partial charge is 0.573 e. The van der Waals surface area contributed by atoms with Gasteiger partial charge in [0.2, 0.25) is 29.5 Å². The standard InChI is InChI=1S/C39H46F5N7O10/c1-18-10-30-37(58)60-21(4)31(36(57)51-17-26(52)15-29(51)35(56)49(5)20(3)32(53)45-19(2)34(55)50(30)16-18)48-33(54)28(13-22-11-23(40)14-24(41)12-22)47-38(59)46-25-6-8-27(9-7-25)61-39(42,43)44/h6-9,11-12,14,18-21,26,28-31,52H,10,13,15-17H2,1-5H3,(H,45,53)(H,48,54)(H2,46,47,59)/t18-,19-,20-,21-,26+,28-,29-,30-,31-/m0/s1. The Bertz CT molecular complexity index is 2000. The average molecular weight is 868 g/mol. The van der Waals surface area contributed by atoms with Crippen molar-refractivity contribution in [2.75, 3.05) is 25.5 Å². The summed E-state index contributed by atoms with van der Waals surface area (Å²) < 4.78 is 76.1. The topological polar surface area (TPSA) is 216 Å². The first-order valence-electron chi connectivity index (χ1n) is 19.3. The molecule has 0 aliphatic carbocycles. The molecule has 5 rings (SSSR count). The van der Waals surface area contributed by atoms with Gasteiger partial charge in [-0.05, 0) is 75.1 Å². The number of likely N-dealkylation sites (N-methyl/N-ethyl adjacent to an activating group) is 1. The van der Waals surface area contributed by atoms with Crippen molar-refractivity contribution >= 4 is 47.2 Å². The molecule has 17 nitrogen and oxygen atoms in total. The molecule has 7 amide bonds. The number of ether oxygens (including phenoxy) is 2. The average Bonchev–Trinajstić information content (AvgIpc) is 3.76. The summed E-state index contributed by atoms with van der Waals surface area (Å²) in [5.41, 5.74) is -0.210. The smallest absolute Gasteiger partial charge is 0.458 e. The van der Waals surface area contributed by atoms with Crippen LogP contribution in [0.5, 0.6) is 5.75 Å². The number of benzene rings is 2. The summed E-state index contributed by atoms with van der Waals surface area (Å²) in [5.74, 6) is -8.19. The fraction of sp³-hybridized carbons (Fsp3) is 0.513. The Hall–Kier alpha value is -6.06. The molecular formula is C39H46F5N7O10. The molecule has 3 aliphatic heterocycles. The van der Waals surface area contributed by atoms with Crippen LogP contribution in [0, 0.1) is 17.6 Å². The van der Waals surface area contributed by atoms with Gasteiger partial charge in [-0.1, -0.05) is 6.92 Å². The van der Waals surface area contributed by atoms with E-state index in [1.807, 2.05) is 0 Å². The third kappa shape index (κ3) is 11.4. The number of fused-ring (bicyclic) bond motifs is 2. The number of alkyl halides is 3. The maximum absolute atomic E-state index is 14.6. The SMILES string of the molecule is C[C@H]1C[C@H]2C(=O)O[C@@H](C)[C@H](NC(=O)[C@H](Cc3cc(F)cc(F)c3)NC(=O)Nc3ccc(OC(F)(F)F)cc3)C(=O)N3C[C@H](O)C[C@H]3C(=O)N(C)[C@@H](C)C(=O)N[C@@H](C)C(=O)N2C1. The van der Waals surface area contributed by atoms with Crippen LogP contribution in [-0.4, -0.2) is 136 Å². The summed E-state index contributed by atoms with van der Waals surface area (Å²) in [6, 6.07) is -3.44. The second-order valence-electron chi connectivity index (χ2n) is 15.4. The number of nitrogens with one attached hydrogen (secondary N) is 4. The molecule has 3 fully saturated rings. The molecule has 9 atom stereocenters. The predicted octanol–water partition coefficient (Wildman–Crippen LogP) is 1.58. The molecule has 22 heteroatoms. The van der Waals surface area contributed by atoms with E-state index in [1.54, 1.807) is 6.92 Å². The molecule has 3 saturated heterocycles. The summed E-state index contributed by atoms with van der Waals surface area (Å²) in [7, 11) is 1.29. The van der Waals surface area contributed by atoms with Crippen molar-refractivity contribution in [1.82, 2.24) is 30.7 Å². The number of esters is 1. The van der Waals surface area contributed by atoms with Crippen LogP contribution < -0.4 is 26.0 Å². The minimum absolute atomic E-state index is 0.0700. The third-order valence-electron chi connectivity index (χ3n) is 10.6. The number of nitrogens with zero attached hydrogens (tertiary/aromatic N) is 3. The number of halogens is 5. The lowest BCUT2D eigenvalue weighted by Gasteiger charge is -2.36. The van der Waals surface area contributed by atoms with Crippen LogP contribution in [0.15, 0.2) is 42.5 Å². The monoisotopic (exact) mass is 867 g/mol. The van der Waals surface area contributed by atoms with Crippen LogP contribution in [0.3, 0.4) is 0 Å². The Balaban J connectivity index is 1.49. The first-order chi connectivity index (χ1) is 28.5. The van der Waals surface area contributed by atoms with Crippen LogP contribution in [0.1, 0.15) is 46.1 Å². The Labute approximate surface area is 346 Å². The first kappa shape index (κ1) is 46.0. The minimum Gasteiger partial charge on any atom is -0.458 e. The van der Waals surface area contributed by atoms with Crippen LogP contribution in [0.25, 0.3) is 0 Å². The van der Waals surface area contributed by atoms with E-state index in [0.717, 1.165) is 46.2 Å². The zero-order chi connectivity index (χ0) is 45.1. The zero-order valence-corrected chi connectivity index (χ0v) is 33.6. The van der Waals surface area contributed by atoms with Gasteiger partial charge in [-0.15, -0.1) is 13.2 Å². The molecule has 0 unspecified atom stereocenters.